The van der Waals surface area contributed by atoms with E-state index in [4.69, 9.17) is 11.0 Å². The zero-order valence-corrected chi connectivity index (χ0v) is 9.33. The van der Waals surface area contributed by atoms with Crippen LogP contribution in [0.4, 0.5) is 0 Å². The van der Waals surface area contributed by atoms with Crippen molar-refractivity contribution in [1.29, 1.82) is 5.26 Å². The van der Waals surface area contributed by atoms with Crippen LogP contribution in [0.3, 0.4) is 0 Å². The van der Waals surface area contributed by atoms with Gasteiger partial charge in [0, 0.05) is 19.6 Å². The van der Waals surface area contributed by atoms with E-state index in [1.807, 2.05) is 32.2 Å². The lowest BCUT2D eigenvalue weighted by atomic mass is 10.1. The Labute approximate surface area is 91.1 Å². The van der Waals surface area contributed by atoms with Crippen molar-refractivity contribution in [2.24, 2.45) is 5.73 Å². The largest absolute Gasteiger partial charge is 0.329 e. The fraction of sp³-hybridized carbons (Fsp3) is 0.417. The Morgan fingerprint density at radius 2 is 2.20 bits per heavy atom. The molecule has 0 atom stereocenters. The number of benzene rings is 1. The molecule has 1 aromatic rings. The van der Waals surface area contributed by atoms with Crippen molar-refractivity contribution in [2.45, 2.75) is 13.5 Å². The van der Waals surface area contributed by atoms with Crippen LogP contribution in [0.25, 0.3) is 0 Å². The molecule has 0 radical (unpaired) electrons. The van der Waals surface area contributed by atoms with E-state index in [-0.39, 0.29) is 0 Å². The monoisotopic (exact) mass is 203 g/mol. The smallest absolute Gasteiger partial charge is 0.0991 e. The predicted molar refractivity (Wildman–Crippen MR) is 61.3 cm³/mol. The molecule has 3 nitrogen and oxygen atoms in total. The van der Waals surface area contributed by atoms with Gasteiger partial charge in [0.2, 0.25) is 0 Å². The van der Waals surface area contributed by atoms with Crippen LogP contribution in [0, 0.1) is 18.3 Å². The van der Waals surface area contributed by atoms with E-state index in [0.717, 1.165) is 24.2 Å². The average molecular weight is 203 g/mol. The van der Waals surface area contributed by atoms with Crippen molar-refractivity contribution in [1.82, 2.24) is 4.90 Å². The summed E-state index contributed by atoms with van der Waals surface area (Å²) in [5, 5.41) is 8.74. The first-order valence-electron chi connectivity index (χ1n) is 5.05. The average Bonchev–Trinajstić information content (AvgIpc) is 2.21. The third-order valence-electron chi connectivity index (χ3n) is 2.42. The Morgan fingerprint density at radius 3 is 2.73 bits per heavy atom. The molecule has 0 aromatic heterocycles. The molecule has 0 fully saturated rings. The summed E-state index contributed by atoms with van der Waals surface area (Å²) in [7, 11) is 2.05. The van der Waals surface area contributed by atoms with E-state index >= 15 is 0 Å². The zero-order chi connectivity index (χ0) is 11.3. The first-order chi connectivity index (χ1) is 7.17. The molecule has 0 aliphatic rings. The van der Waals surface area contributed by atoms with Crippen molar-refractivity contribution < 1.29 is 0 Å². The number of hydrogen-bond acceptors (Lipinski definition) is 3. The molecule has 2 N–H and O–H groups in total. The summed E-state index contributed by atoms with van der Waals surface area (Å²) in [6.45, 7) is 4.48. The summed E-state index contributed by atoms with van der Waals surface area (Å²) in [4.78, 5) is 2.17. The van der Waals surface area contributed by atoms with Crippen molar-refractivity contribution >= 4 is 0 Å². The van der Waals surface area contributed by atoms with Crippen LogP contribution in [-0.4, -0.2) is 25.0 Å². The highest BCUT2D eigenvalue weighted by atomic mass is 15.1. The van der Waals surface area contributed by atoms with Gasteiger partial charge in [-0.25, -0.2) is 0 Å². The van der Waals surface area contributed by atoms with Gasteiger partial charge in [-0.3, -0.25) is 0 Å². The lowest BCUT2D eigenvalue weighted by Crippen LogP contribution is -2.25. The van der Waals surface area contributed by atoms with Gasteiger partial charge in [0.1, 0.15) is 0 Å². The summed E-state index contributed by atoms with van der Waals surface area (Å²) in [6, 6.07) is 7.94. The van der Waals surface area contributed by atoms with Gasteiger partial charge in [-0.05, 0) is 37.2 Å². The SMILES string of the molecule is Cc1cc(C#N)ccc1CN(C)CCN. The van der Waals surface area contributed by atoms with E-state index in [1.165, 1.54) is 5.56 Å². The molecule has 0 saturated heterocycles. The first kappa shape index (κ1) is 11.7. The Bertz CT molecular complexity index is 366. The first-order valence-corrected chi connectivity index (χ1v) is 5.05. The lowest BCUT2D eigenvalue weighted by Gasteiger charge is -2.16. The lowest BCUT2D eigenvalue weighted by molar-refractivity contribution is 0.335. The highest BCUT2D eigenvalue weighted by Gasteiger charge is 2.03. The number of aryl methyl sites for hydroxylation is 1. The maximum atomic E-state index is 8.74. The van der Waals surface area contributed by atoms with Crippen LogP contribution in [0.15, 0.2) is 18.2 Å². The Balaban J connectivity index is 2.74. The standard InChI is InChI=1S/C12H17N3/c1-10-7-11(8-14)3-4-12(10)9-15(2)6-5-13/h3-4,7H,5-6,9,13H2,1-2H3. The van der Waals surface area contributed by atoms with Crippen LogP contribution >= 0.6 is 0 Å². The van der Waals surface area contributed by atoms with Gasteiger partial charge in [-0.1, -0.05) is 6.07 Å². The molecule has 0 heterocycles. The molecule has 3 heteroatoms. The maximum Gasteiger partial charge on any atom is 0.0991 e. The maximum absolute atomic E-state index is 8.74. The molecule has 80 valence electrons. The van der Waals surface area contributed by atoms with Crippen molar-refractivity contribution in [2.75, 3.05) is 20.1 Å². The summed E-state index contributed by atoms with van der Waals surface area (Å²) >= 11 is 0. The van der Waals surface area contributed by atoms with Gasteiger partial charge in [-0.15, -0.1) is 0 Å². The highest BCUT2D eigenvalue weighted by molar-refractivity contribution is 5.37. The minimum absolute atomic E-state index is 0.672. The molecule has 1 rings (SSSR count). The van der Waals surface area contributed by atoms with Crippen LogP contribution in [0.2, 0.25) is 0 Å². The zero-order valence-electron chi connectivity index (χ0n) is 9.33. The van der Waals surface area contributed by atoms with Crippen molar-refractivity contribution in [3.63, 3.8) is 0 Å². The molecule has 0 aliphatic carbocycles. The van der Waals surface area contributed by atoms with Crippen LogP contribution in [0.5, 0.6) is 0 Å². The van der Waals surface area contributed by atoms with Gasteiger partial charge in [-0.2, -0.15) is 5.26 Å². The molecule has 0 saturated carbocycles. The highest BCUT2D eigenvalue weighted by Crippen LogP contribution is 2.12. The third kappa shape index (κ3) is 3.35. The normalized spacial score (nSPS) is 10.3. The van der Waals surface area contributed by atoms with Gasteiger partial charge < -0.3 is 10.6 Å². The predicted octanol–water partition coefficient (Wildman–Crippen LogP) is 1.26. The van der Waals surface area contributed by atoms with E-state index in [2.05, 4.69) is 11.0 Å². The summed E-state index contributed by atoms with van der Waals surface area (Å²) in [5.41, 5.74) is 8.62. The Morgan fingerprint density at radius 1 is 1.47 bits per heavy atom. The molecule has 0 aliphatic heterocycles. The fourth-order valence-corrected chi connectivity index (χ4v) is 1.53. The van der Waals surface area contributed by atoms with Crippen molar-refractivity contribution in [3.05, 3.63) is 34.9 Å². The summed E-state index contributed by atoms with van der Waals surface area (Å²) < 4.78 is 0. The number of nitriles is 1. The van der Waals surface area contributed by atoms with Gasteiger partial charge >= 0.3 is 0 Å². The second-order valence-corrected chi connectivity index (χ2v) is 3.78. The number of likely N-dealkylation sites (N-methyl/N-ethyl adjacent to an activating group) is 1. The van der Waals surface area contributed by atoms with Crippen LogP contribution < -0.4 is 5.73 Å². The van der Waals surface area contributed by atoms with E-state index in [9.17, 15) is 0 Å². The molecule has 1 aromatic carbocycles. The quantitative estimate of drug-likeness (QED) is 0.801. The van der Waals surface area contributed by atoms with Gasteiger partial charge in [0.05, 0.1) is 11.6 Å². The molecule has 0 unspecified atom stereocenters. The molecular weight excluding hydrogens is 186 g/mol. The number of nitrogens with two attached hydrogens (primary N) is 1. The molecular formula is C12H17N3. The third-order valence-corrected chi connectivity index (χ3v) is 2.42. The minimum atomic E-state index is 0.672. The van der Waals surface area contributed by atoms with E-state index in [0.29, 0.717) is 6.54 Å². The Kier molecular flexibility index (Phi) is 4.29. The second-order valence-electron chi connectivity index (χ2n) is 3.78. The Hall–Kier alpha value is -1.37. The van der Waals surface area contributed by atoms with Crippen molar-refractivity contribution in [3.8, 4) is 6.07 Å². The van der Waals surface area contributed by atoms with E-state index < -0.39 is 0 Å². The second kappa shape index (κ2) is 5.50. The van der Waals surface area contributed by atoms with E-state index in [1.54, 1.807) is 0 Å². The topological polar surface area (TPSA) is 53.0 Å². The molecule has 15 heavy (non-hydrogen) atoms. The van der Waals surface area contributed by atoms with Crippen LogP contribution in [0.1, 0.15) is 16.7 Å². The number of rotatable bonds is 4. The number of hydrogen-bond donors (Lipinski definition) is 1. The molecule has 0 bridgehead atoms. The molecule has 0 spiro atoms. The number of nitrogens with zero attached hydrogens (tertiary/aromatic N) is 2. The fourth-order valence-electron chi connectivity index (χ4n) is 1.53. The van der Waals surface area contributed by atoms with Gasteiger partial charge in [0.15, 0.2) is 0 Å². The van der Waals surface area contributed by atoms with Crippen LogP contribution in [-0.2, 0) is 6.54 Å². The van der Waals surface area contributed by atoms with Gasteiger partial charge in [0.25, 0.3) is 0 Å². The summed E-state index contributed by atoms with van der Waals surface area (Å²) in [5.74, 6) is 0. The molecule has 0 amide bonds. The minimum Gasteiger partial charge on any atom is -0.329 e. The summed E-state index contributed by atoms with van der Waals surface area (Å²) in [6.07, 6.45) is 0.